The van der Waals surface area contributed by atoms with Crippen molar-refractivity contribution in [1.29, 1.82) is 0 Å². The van der Waals surface area contributed by atoms with E-state index in [4.69, 9.17) is 5.11 Å². The molecule has 1 aliphatic rings. The molecule has 0 bridgehead atoms. The number of hydrogen-bond acceptors (Lipinski definition) is 3. The first-order valence-electron chi connectivity index (χ1n) is 6.21. The average molecular weight is 302 g/mol. The zero-order valence-corrected chi connectivity index (χ0v) is 10.9. The molecule has 2 amide bonds. The van der Waals surface area contributed by atoms with Gasteiger partial charge in [0.25, 0.3) is 0 Å². The molecule has 1 aliphatic carbocycles. The van der Waals surface area contributed by atoms with Gasteiger partial charge in [-0.15, -0.1) is 0 Å². The molecule has 8 heteroatoms. The zero-order valence-electron chi connectivity index (χ0n) is 10.9. The first kappa shape index (κ1) is 15.3. The maximum Gasteiger partial charge on any atom is 0.313 e. The lowest BCUT2D eigenvalue weighted by atomic mass is 10.1. The van der Waals surface area contributed by atoms with Crippen LogP contribution in [0.4, 0.5) is 18.9 Å². The molecule has 0 heterocycles. The zero-order chi connectivity index (χ0) is 15.6. The molecular formula is C13H13F3N2O3. The normalized spacial score (nSPS) is 15.4. The van der Waals surface area contributed by atoms with Crippen LogP contribution < -0.4 is 10.6 Å². The van der Waals surface area contributed by atoms with E-state index in [0.29, 0.717) is 6.07 Å². The Morgan fingerprint density at radius 3 is 2.29 bits per heavy atom. The van der Waals surface area contributed by atoms with E-state index in [-0.39, 0.29) is 24.6 Å². The van der Waals surface area contributed by atoms with Crippen molar-refractivity contribution in [2.45, 2.75) is 12.8 Å². The summed E-state index contributed by atoms with van der Waals surface area (Å²) in [6.45, 7) is 0.0166. The van der Waals surface area contributed by atoms with Crippen molar-refractivity contribution in [1.82, 2.24) is 5.32 Å². The van der Waals surface area contributed by atoms with Gasteiger partial charge >= 0.3 is 11.8 Å². The van der Waals surface area contributed by atoms with Crippen LogP contribution >= 0.6 is 0 Å². The highest BCUT2D eigenvalue weighted by Crippen LogP contribution is 2.44. The molecule has 0 radical (unpaired) electrons. The van der Waals surface area contributed by atoms with Gasteiger partial charge in [-0.25, -0.2) is 13.2 Å². The second-order valence-electron chi connectivity index (χ2n) is 5.04. The first-order valence-corrected chi connectivity index (χ1v) is 6.21. The van der Waals surface area contributed by atoms with Gasteiger partial charge in [0.2, 0.25) is 0 Å². The van der Waals surface area contributed by atoms with Crippen LogP contribution in [0.5, 0.6) is 0 Å². The summed E-state index contributed by atoms with van der Waals surface area (Å²) in [6.07, 6.45) is 1.48. The summed E-state index contributed by atoms with van der Waals surface area (Å²) < 4.78 is 39.0. The number of aliphatic hydroxyl groups excluding tert-OH is 1. The number of carbonyl (C=O) groups excluding carboxylic acids is 2. The molecule has 0 saturated heterocycles. The van der Waals surface area contributed by atoms with Gasteiger partial charge in [-0.1, -0.05) is 0 Å². The highest BCUT2D eigenvalue weighted by atomic mass is 19.2. The minimum Gasteiger partial charge on any atom is -0.396 e. The Hall–Kier alpha value is -2.09. The van der Waals surface area contributed by atoms with E-state index in [1.165, 1.54) is 0 Å². The van der Waals surface area contributed by atoms with Crippen LogP contribution in [0.15, 0.2) is 12.1 Å². The number of carbonyl (C=O) groups is 2. The molecule has 3 N–H and O–H groups in total. The number of halogens is 3. The number of nitrogens with one attached hydrogen (secondary N) is 2. The van der Waals surface area contributed by atoms with Crippen LogP contribution in [0.2, 0.25) is 0 Å². The quantitative estimate of drug-likeness (QED) is 0.572. The summed E-state index contributed by atoms with van der Waals surface area (Å²) in [5.74, 6) is -6.17. The molecule has 1 saturated carbocycles. The Morgan fingerprint density at radius 2 is 1.71 bits per heavy atom. The molecule has 5 nitrogen and oxygen atoms in total. The summed E-state index contributed by atoms with van der Waals surface area (Å²) in [4.78, 5) is 23.0. The number of hydrogen-bond donors (Lipinski definition) is 3. The largest absolute Gasteiger partial charge is 0.396 e. The van der Waals surface area contributed by atoms with E-state index >= 15 is 0 Å². The van der Waals surface area contributed by atoms with Gasteiger partial charge < -0.3 is 15.7 Å². The Labute approximate surface area is 118 Å². The summed E-state index contributed by atoms with van der Waals surface area (Å²) in [5.41, 5.74) is -1.01. The van der Waals surface area contributed by atoms with E-state index in [2.05, 4.69) is 5.32 Å². The van der Waals surface area contributed by atoms with Crippen LogP contribution in [0.1, 0.15) is 12.8 Å². The molecule has 0 aromatic heterocycles. The lowest BCUT2D eigenvalue weighted by Gasteiger charge is -2.12. The lowest BCUT2D eigenvalue weighted by Crippen LogP contribution is -2.39. The summed E-state index contributed by atoms with van der Waals surface area (Å²) in [5, 5.41) is 13.2. The molecule has 1 fully saturated rings. The fourth-order valence-corrected chi connectivity index (χ4v) is 1.71. The lowest BCUT2D eigenvalue weighted by molar-refractivity contribution is -0.136. The fraction of sp³-hybridized carbons (Fsp3) is 0.385. The summed E-state index contributed by atoms with van der Waals surface area (Å²) in [6, 6.07) is 0.722. The van der Waals surface area contributed by atoms with Crippen molar-refractivity contribution >= 4 is 17.5 Å². The molecule has 0 aliphatic heterocycles. The minimum absolute atomic E-state index is 0.104. The van der Waals surface area contributed by atoms with Crippen LogP contribution in [0.25, 0.3) is 0 Å². The molecule has 2 rings (SSSR count). The van der Waals surface area contributed by atoms with Crippen molar-refractivity contribution < 1.29 is 27.9 Å². The number of benzene rings is 1. The van der Waals surface area contributed by atoms with Gasteiger partial charge in [0.05, 0.1) is 12.3 Å². The molecule has 0 spiro atoms. The molecule has 0 unspecified atom stereocenters. The van der Waals surface area contributed by atoms with Gasteiger partial charge in [0.15, 0.2) is 11.6 Å². The predicted molar refractivity (Wildman–Crippen MR) is 66.7 cm³/mol. The molecular weight excluding hydrogens is 289 g/mol. The van der Waals surface area contributed by atoms with E-state index < -0.39 is 35.0 Å². The van der Waals surface area contributed by atoms with Crippen LogP contribution in [-0.4, -0.2) is 30.1 Å². The van der Waals surface area contributed by atoms with Gasteiger partial charge in [0.1, 0.15) is 5.82 Å². The Kier molecular flexibility index (Phi) is 4.17. The Balaban J connectivity index is 1.94. The summed E-state index contributed by atoms with van der Waals surface area (Å²) >= 11 is 0. The first-order chi connectivity index (χ1) is 9.87. The molecule has 0 atom stereocenters. The maximum atomic E-state index is 13.3. The smallest absolute Gasteiger partial charge is 0.313 e. The molecule has 21 heavy (non-hydrogen) atoms. The third kappa shape index (κ3) is 3.52. The monoisotopic (exact) mass is 302 g/mol. The average Bonchev–Trinajstić information content (AvgIpc) is 3.22. The highest BCUT2D eigenvalue weighted by molar-refractivity contribution is 6.39. The van der Waals surface area contributed by atoms with Crippen LogP contribution in [0.3, 0.4) is 0 Å². The minimum atomic E-state index is -1.39. The van der Waals surface area contributed by atoms with Gasteiger partial charge in [0, 0.05) is 24.1 Å². The highest BCUT2D eigenvalue weighted by Gasteiger charge is 2.42. The number of amides is 2. The van der Waals surface area contributed by atoms with E-state index in [1.807, 2.05) is 5.32 Å². The van der Waals surface area contributed by atoms with Crippen molar-refractivity contribution in [2.75, 3.05) is 18.5 Å². The third-order valence-corrected chi connectivity index (χ3v) is 3.38. The molecule has 1 aromatic carbocycles. The Bertz CT molecular complexity index is 588. The van der Waals surface area contributed by atoms with Crippen LogP contribution in [-0.2, 0) is 9.59 Å². The van der Waals surface area contributed by atoms with Crippen molar-refractivity contribution in [3.05, 3.63) is 29.6 Å². The van der Waals surface area contributed by atoms with Gasteiger partial charge in [-0.3, -0.25) is 9.59 Å². The molecule has 1 aromatic rings. The van der Waals surface area contributed by atoms with E-state index in [1.54, 1.807) is 0 Å². The standard InChI is InChI=1S/C13H13F3N2O3/c14-7-3-9(16)10(4-8(7)15)18-12(21)11(20)17-5-13(6-19)1-2-13/h3-4,19H,1-2,5-6H2,(H,17,20)(H,18,21). The third-order valence-electron chi connectivity index (χ3n) is 3.38. The maximum absolute atomic E-state index is 13.3. The van der Waals surface area contributed by atoms with Crippen LogP contribution in [0, 0.1) is 22.9 Å². The van der Waals surface area contributed by atoms with E-state index in [0.717, 1.165) is 12.8 Å². The second-order valence-corrected chi connectivity index (χ2v) is 5.04. The number of anilines is 1. The molecule has 114 valence electrons. The van der Waals surface area contributed by atoms with Crippen molar-refractivity contribution in [3.8, 4) is 0 Å². The fourth-order valence-electron chi connectivity index (χ4n) is 1.71. The Morgan fingerprint density at radius 1 is 1.10 bits per heavy atom. The van der Waals surface area contributed by atoms with Crippen molar-refractivity contribution in [2.24, 2.45) is 5.41 Å². The number of aliphatic hydroxyl groups is 1. The van der Waals surface area contributed by atoms with Gasteiger partial charge in [-0.2, -0.15) is 0 Å². The topological polar surface area (TPSA) is 78.4 Å². The second kappa shape index (κ2) is 5.72. The predicted octanol–water partition coefficient (Wildman–Crippen LogP) is 0.931. The van der Waals surface area contributed by atoms with E-state index in [9.17, 15) is 22.8 Å². The van der Waals surface area contributed by atoms with Crippen molar-refractivity contribution in [3.63, 3.8) is 0 Å². The SMILES string of the molecule is O=C(NCC1(CO)CC1)C(=O)Nc1cc(F)c(F)cc1F. The number of rotatable bonds is 4. The van der Waals surface area contributed by atoms with Gasteiger partial charge in [-0.05, 0) is 12.8 Å². The summed E-state index contributed by atoms with van der Waals surface area (Å²) in [7, 11) is 0.